The van der Waals surface area contributed by atoms with Crippen molar-refractivity contribution in [1.82, 2.24) is 4.98 Å². The van der Waals surface area contributed by atoms with Crippen LogP contribution in [0.5, 0.6) is 5.75 Å². The Bertz CT molecular complexity index is 674. The SMILES string of the molecule is Cc1cc2nc(-c3ccc(O)cc3)sc2cc1C. The Morgan fingerprint density at radius 1 is 1.00 bits per heavy atom. The molecule has 1 N–H and O–H groups in total. The number of thiazole rings is 1. The summed E-state index contributed by atoms with van der Waals surface area (Å²) in [6.07, 6.45) is 0. The molecule has 3 heteroatoms. The van der Waals surface area contributed by atoms with Gasteiger partial charge in [0.2, 0.25) is 0 Å². The number of aromatic nitrogens is 1. The molecule has 0 atom stereocenters. The Hall–Kier alpha value is -1.87. The van der Waals surface area contributed by atoms with Crippen molar-refractivity contribution in [2.24, 2.45) is 0 Å². The van der Waals surface area contributed by atoms with E-state index >= 15 is 0 Å². The van der Waals surface area contributed by atoms with E-state index in [9.17, 15) is 5.11 Å². The second kappa shape index (κ2) is 4.10. The third-order valence-electron chi connectivity index (χ3n) is 3.12. The van der Waals surface area contributed by atoms with Crippen molar-refractivity contribution in [2.45, 2.75) is 13.8 Å². The smallest absolute Gasteiger partial charge is 0.124 e. The molecule has 2 nitrogen and oxygen atoms in total. The number of aromatic hydroxyl groups is 1. The number of hydrogen-bond acceptors (Lipinski definition) is 3. The van der Waals surface area contributed by atoms with Crippen LogP contribution in [0, 0.1) is 13.8 Å². The van der Waals surface area contributed by atoms with Crippen molar-refractivity contribution in [2.75, 3.05) is 0 Å². The quantitative estimate of drug-likeness (QED) is 0.703. The van der Waals surface area contributed by atoms with Gasteiger partial charge >= 0.3 is 0 Å². The molecule has 0 radical (unpaired) electrons. The van der Waals surface area contributed by atoms with Crippen molar-refractivity contribution in [3.05, 3.63) is 47.5 Å². The first-order chi connectivity index (χ1) is 8.63. The second-order valence-electron chi connectivity index (χ2n) is 4.47. The van der Waals surface area contributed by atoms with Gasteiger partial charge in [0.1, 0.15) is 10.8 Å². The van der Waals surface area contributed by atoms with Crippen LogP contribution < -0.4 is 0 Å². The normalized spacial score (nSPS) is 11.0. The molecule has 0 fully saturated rings. The first kappa shape index (κ1) is 11.2. The minimum atomic E-state index is 0.284. The summed E-state index contributed by atoms with van der Waals surface area (Å²) in [7, 11) is 0. The number of nitrogens with zero attached hydrogens (tertiary/aromatic N) is 1. The first-order valence-electron chi connectivity index (χ1n) is 5.81. The summed E-state index contributed by atoms with van der Waals surface area (Å²) in [5.74, 6) is 0.284. The van der Waals surface area contributed by atoms with Gasteiger partial charge in [-0.2, -0.15) is 0 Å². The summed E-state index contributed by atoms with van der Waals surface area (Å²) in [5.41, 5.74) is 4.66. The lowest BCUT2D eigenvalue weighted by Crippen LogP contribution is -1.79. The summed E-state index contributed by atoms with van der Waals surface area (Å²) in [6.45, 7) is 4.23. The van der Waals surface area contributed by atoms with Gasteiger partial charge in [-0.05, 0) is 61.4 Å². The molecule has 0 aliphatic heterocycles. The summed E-state index contributed by atoms with van der Waals surface area (Å²) in [6, 6.07) is 11.5. The molecule has 1 heterocycles. The Kier molecular flexibility index (Phi) is 2.56. The van der Waals surface area contributed by atoms with Gasteiger partial charge in [-0.1, -0.05) is 0 Å². The summed E-state index contributed by atoms with van der Waals surface area (Å²) in [4.78, 5) is 4.65. The number of aryl methyl sites for hydroxylation is 2. The number of rotatable bonds is 1. The van der Waals surface area contributed by atoms with Crippen molar-refractivity contribution < 1.29 is 5.11 Å². The average molecular weight is 255 g/mol. The number of benzene rings is 2. The van der Waals surface area contributed by atoms with E-state index in [1.165, 1.54) is 15.8 Å². The molecule has 0 aliphatic rings. The monoisotopic (exact) mass is 255 g/mol. The molecule has 0 spiro atoms. The molecule has 2 aromatic carbocycles. The Balaban J connectivity index is 2.16. The van der Waals surface area contributed by atoms with Crippen LogP contribution in [-0.2, 0) is 0 Å². The maximum absolute atomic E-state index is 9.30. The summed E-state index contributed by atoms with van der Waals surface area (Å²) >= 11 is 1.69. The molecular formula is C15H13NOS. The van der Waals surface area contributed by atoms with Gasteiger partial charge in [0.25, 0.3) is 0 Å². The maximum Gasteiger partial charge on any atom is 0.124 e. The van der Waals surface area contributed by atoms with Crippen LogP contribution in [0.1, 0.15) is 11.1 Å². The van der Waals surface area contributed by atoms with Gasteiger partial charge < -0.3 is 5.11 Å². The Morgan fingerprint density at radius 2 is 1.67 bits per heavy atom. The van der Waals surface area contributed by atoms with E-state index in [-0.39, 0.29) is 5.75 Å². The van der Waals surface area contributed by atoms with Gasteiger partial charge in [-0.15, -0.1) is 11.3 Å². The van der Waals surface area contributed by atoms with Gasteiger partial charge in [-0.3, -0.25) is 0 Å². The zero-order valence-corrected chi connectivity index (χ0v) is 11.1. The van der Waals surface area contributed by atoms with Crippen LogP contribution in [0.25, 0.3) is 20.8 Å². The predicted molar refractivity (Wildman–Crippen MR) is 76.2 cm³/mol. The Morgan fingerprint density at radius 3 is 2.39 bits per heavy atom. The highest BCUT2D eigenvalue weighted by atomic mass is 32.1. The predicted octanol–water partition coefficient (Wildman–Crippen LogP) is 4.29. The molecule has 0 amide bonds. The fraction of sp³-hybridized carbons (Fsp3) is 0.133. The molecular weight excluding hydrogens is 242 g/mol. The van der Waals surface area contributed by atoms with E-state index in [1.54, 1.807) is 23.5 Å². The molecule has 0 saturated carbocycles. The zero-order chi connectivity index (χ0) is 12.7. The van der Waals surface area contributed by atoms with Crippen molar-refractivity contribution >= 4 is 21.6 Å². The fourth-order valence-corrected chi connectivity index (χ4v) is 2.96. The van der Waals surface area contributed by atoms with Crippen molar-refractivity contribution in [3.63, 3.8) is 0 Å². The number of fused-ring (bicyclic) bond motifs is 1. The maximum atomic E-state index is 9.30. The number of hydrogen-bond donors (Lipinski definition) is 1. The third kappa shape index (κ3) is 1.87. The standard InChI is InChI=1S/C15H13NOS/c1-9-7-13-14(8-10(9)2)18-15(16-13)11-3-5-12(17)6-4-11/h3-8,17H,1-2H3. The fourth-order valence-electron chi connectivity index (χ4n) is 1.91. The van der Waals surface area contributed by atoms with E-state index in [0.717, 1.165) is 16.1 Å². The largest absolute Gasteiger partial charge is 0.508 e. The highest BCUT2D eigenvalue weighted by molar-refractivity contribution is 7.21. The van der Waals surface area contributed by atoms with Gasteiger partial charge in [-0.25, -0.2) is 4.98 Å². The zero-order valence-electron chi connectivity index (χ0n) is 10.3. The molecule has 0 bridgehead atoms. The molecule has 18 heavy (non-hydrogen) atoms. The van der Waals surface area contributed by atoms with E-state index in [4.69, 9.17) is 0 Å². The lowest BCUT2D eigenvalue weighted by atomic mass is 10.1. The van der Waals surface area contributed by atoms with Crippen LogP contribution in [0.3, 0.4) is 0 Å². The minimum absolute atomic E-state index is 0.284. The molecule has 3 rings (SSSR count). The third-order valence-corrected chi connectivity index (χ3v) is 4.19. The lowest BCUT2D eigenvalue weighted by Gasteiger charge is -1.97. The van der Waals surface area contributed by atoms with E-state index in [0.29, 0.717) is 0 Å². The van der Waals surface area contributed by atoms with E-state index < -0.39 is 0 Å². The molecule has 0 aliphatic carbocycles. The molecule has 0 saturated heterocycles. The van der Waals surface area contributed by atoms with Crippen LogP contribution in [0.2, 0.25) is 0 Å². The van der Waals surface area contributed by atoms with Gasteiger partial charge in [0.05, 0.1) is 10.2 Å². The van der Waals surface area contributed by atoms with E-state index in [1.807, 2.05) is 12.1 Å². The summed E-state index contributed by atoms with van der Waals surface area (Å²) < 4.78 is 1.21. The molecule has 0 unspecified atom stereocenters. The minimum Gasteiger partial charge on any atom is -0.508 e. The number of phenols is 1. The van der Waals surface area contributed by atoms with Crippen molar-refractivity contribution in [1.29, 1.82) is 0 Å². The van der Waals surface area contributed by atoms with Gasteiger partial charge in [0, 0.05) is 5.56 Å². The number of phenolic OH excluding ortho intramolecular Hbond substituents is 1. The van der Waals surface area contributed by atoms with Crippen LogP contribution >= 0.6 is 11.3 Å². The van der Waals surface area contributed by atoms with E-state index in [2.05, 4.69) is 31.0 Å². The topological polar surface area (TPSA) is 33.1 Å². The average Bonchev–Trinajstić information content (AvgIpc) is 2.73. The first-order valence-corrected chi connectivity index (χ1v) is 6.62. The van der Waals surface area contributed by atoms with Crippen LogP contribution in [0.15, 0.2) is 36.4 Å². The Labute approximate surface area is 110 Å². The highest BCUT2D eigenvalue weighted by Crippen LogP contribution is 2.32. The second-order valence-corrected chi connectivity index (χ2v) is 5.50. The highest BCUT2D eigenvalue weighted by Gasteiger charge is 2.07. The van der Waals surface area contributed by atoms with Crippen molar-refractivity contribution in [3.8, 4) is 16.3 Å². The molecule has 3 aromatic rings. The molecule has 1 aromatic heterocycles. The summed E-state index contributed by atoms with van der Waals surface area (Å²) in [5, 5.41) is 10.3. The van der Waals surface area contributed by atoms with Crippen LogP contribution in [-0.4, -0.2) is 10.1 Å². The van der Waals surface area contributed by atoms with Crippen LogP contribution in [0.4, 0.5) is 0 Å². The molecule has 90 valence electrons. The lowest BCUT2D eigenvalue weighted by molar-refractivity contribution is 0.475. The van der Waals surface area contributed by atoms with Gasteiger partial charge in [0.15, 0.2) is 0 Å².